The molecule has 1 aromatic carbocycles. The summed E-state index contributed by atoms with van der Waals surface area (Å²) in [5.74, 6) is -0.202. The van der Waals surface area contributed by atoms with E-state index in [1.165, 1.54) is 12.7 Å². The number of hydrogen-bond acceptors (Lipinski definition) is 4. The molecule has 0 radical (unpaired) electrons. The minimum absolute atomic E-state index is 0.202. The molecule has 0 heterocycles. The van der Waals surface area contributed by atoms with Gasteiger partial charge in [0.1, 0.15) is 0 Å². The number of nitrogens with zero attached hydrogens (tertiary/aromatic N) is 1. The first kappa shape index (κ1) is 16.0. The molecule has 1 aromatic rings. The molecule has 4 heteroatoms. The van der Waals surface area contributed by atoms with Crippen molar-refractivity contribution in [2.45, 2.75) is 44.2 Å². The highest BCUT2D eigenvalue weighted by Crippen LogP contribution is 2.30. The molecular formula is C17H25NO3. The molecule has 116 valence electrons. The second-order valence-corrected chi connectivity index (χ2v) is 5.95. The third-order valence-corrected chi connectivity index (χ3v) is 4.16. The van der Waals surface area contributed by atoms with Crippen molar-refractivity contribution in [1.29, 1.82) is 0 Å². The van der Waals surface area contributed by atoms with Crippen molar-refractivity contribution in [2.75, 3.05) is 20.2 Å². The van der Waals surface area contributed by atoms with Crippen LogP contribution in [0.3, 0.4) is 0 Å². The van der Waals surface area contributed by atoms with E-state index in [-0.39, 0.29) is 5.97 Å². The highest BCUT2D eigenvalue weighted by atomic mass is 16.5. The number of ether oxygens (including phenoxy) is 1. The fourth-order valence-electron chi connectivity index (χ4n) is 3.01. The Bertz CT molecular complexity index is 441. The van der Waals surface area contributed by atoms with Crippen molar-refractivity contribution < 1.29 is 14.6 Å². The van der Waals surface area contributed by atoms with Gasteiger partial charge in [0.2, 0.25) is 0 Å². The fourth-order valence-corrected chi connectivity index (χ4v) is 3.01. The van der Waals surface area contributed by atoms with E-state index >= 15 is 0 Å². The van der Waals surface area contributed by atoms with Crippen LogP contribution in [0.25, 0.3) is 0 Å². The van der Waals surface area contributed by atoms with Crippen LogP contribution in [0, 0.1) is 0 Å². The number of benzene rings is 1. The third kappa shape index (κ3) is 5.14. The molecule has 0 aromatic heterocycles. The van der Waals surface area contributed by atoms with E-state index in [0.29, 0.717) is 19.5 Å². The minimum Gasteiger partial charge on any atom is -0.469 e. The predicted molar refractivity (Wildman–Crippen MR) is 81.8 cm³/mol. The van der Waals surface area contributed by atoms with E-state index in [9.17, 15) is 9.90 Å². The van der Waals surface area contributed by atoms with Gasteiger partial charge in [-0.25, -0.2) is 0 Å². The zero-order valence-corrected chi connectivity index (χ0v) is 12.8. The summed E-state index contributed by atoms with van der Waals surface area (Å²) in [6, 6.07) is 10.2. The number of carbonyl (C=O) groups is 1. The van der Waals surface area contributed by atoms with E-state index in [0.717, 1.165) is 32.2 Å². The van der Waals surface area contributed by atoms with Crippen molar-refractivity contribution in [1.82, 2.24) is 4.90 Å². The molecule has 1 aliphatic carbocycles. The van der Waals surface area contributed by atoms with Crippen molar-refractivity contribution in [2.24, 2.45) is 0 Å². The lowest BCUT2D eigenvalue weighted by atomic mass is 10.0. The summed E-state index contributed by atoms with van der Waals surface area (Å²) in [5.41, 5.74) is 0.606. The number of methoxy groups -OCH3 is 1. The van der Waals surface area contributed by atoms with Gasteiger partial charge in [-0.15, -0.1) is 0 Å². The zero-order chi connectivity index (χ0) is 15.1. The summed E-state index contributed by atoms with van der Waals surface area (Å²) >= 11 is 0. The molecule has 0 saturated heterocycles. The molecule has 0 aliphatic heterocycles. The first-order valence-electron chi connectivity index (χ1n) is 7.67. The van der Waals surface area contributed by atoms with E-state index in [1.807, 2.05) is 18.2 Å². The Hall–Kier alpha value is -1.39. The van der Waals surface area contributed by atoms with Gasteiger partial charge in [-0.2, -0.15) is 0 Å². The van der Waals surface area contributed by atoms with E-state index in [1.54, 1.807) is 0 Å². The highest BCUT2D eigenvalue weighted by Gasteiger charge is 2.33. The Labute approximate surface area is 126 Å². The maximum Gasteiger partial charge on any atom is 0.306 e. The van der Waals surface area contributed by atoms with Crippen LogP contribution in [-0.2, 0) is 16.1 Å². The maximum absolute atomic E-state index is 11.4. The Kier molecular flexibility index (Phi) is 5.76. The summed E-state index contributed by atoms with van der Waals surface area (Å²) in [4.78, 5) is 13.5. The normalized spacial score (nSPS) is 17.1. The average Bonchev–Trinajstić information content (AvgIpc) is 2.92. The third-order valence-electron chi connectivity index (χ3n) is 4.16. The van der Waals surface area contributed by atoms with E-state index < -0.39 is 5.60 Å². The van der Waals surface area contributed by atoms with Gasteiger partial charge in [0, 0.05) is 19.6 Å². The van der Waals surface area contributed by atoms with Crippen LogP contribution in [0.15, 0.2) is 30.3 Å². The van der Waals surface area contributed by atoms with Crippen LogP contribution in [0.5, 0.6) is 0 Å². The second-order valence-electron chi connectivity index (χ2n) is 5.95. The fraction of sp³-hybridized carbons (Fsp3) is 0.588. The predicted octanol–water partition coefficient (Wildman–Crippen LogP) is 2.36. The van der Waals surface area contributed by atoms with Crippen molar-refractivity contribution in [3.63, 3.8) is 0 Å². The summed E-state index contributed by atoms with van der Waals surface area (Å²) < 4.78 is 4.72. The minimum atomic E-state index is -0.592. The SMILES string of the molecule is COC(=O)CCN(Cc1ccccc1)CC1(O)CCCC1. The van der Waals surface area contributed by atoms with Gasteiger partial charge < -0.3 is 9.84 Å². The first-order chi connectivity index (χ1) is 10.1. The largest absolute Gasteiger partial charge is 0.469 e. The van der Waals surface area contributed by atoms with Crippen LogP contribution in [0.1, 0.15) is 37.7 Å². The molecule has 4 nitrogen and oxygen atoms in total. The molecule has 2 rings (SSSR count). The molecule has 0 bridgehead atoms. The second kappa shape index (κ2) is 7.57. The van der Waals surface area contributed by atoms with E-state index in [2.05, 4.69) is 17.0 Å². The van der Waals surface area contributed by atoms with Crippen LogP contribution in [0.2, 0.25) is 0 Å². The number of hydrogen-bond donors (Lipinski definition) is 1. The highest BCUT2D eigenvalue weighted by molar-refractivity contribution is 5.69. The van der Waals surface area contributed by atoms with Crippen LogP contribution in [0.4, 0.5) is 0 Å². The van der Waals surface area contributed by atoms with Crippen molar-refractivity contribution >= 4 is 5.97 Å². The molecule has 1 saturated carbocycles. The first-order valence-corrected chi connectivity index (χ1v) is 7.67. The van der Waals surface area contributed by atoms with Gasteiger partial charge in [-0.1, -0.05) is 43.2 Å². The van der Waals surface area contributed by atoms with Crippen LogP contribution < -0.4 is 0 Å². The zero-order valence-electron chi connectivity index (χ0n) is 12.8. The maximum atomic E-state index is 11.4. The number of aliphatic hydroxyl groups is 1. The van der Waals surface area contributed by atoms with Gasteiger partial charge >= 0.3 is 5.97 Å². The Morgan fingerprint density at radius 2 is 1.95 bits per heavy atom. The lowest BCUT2D eigenvalue weighted by Gasteiger charge is -2.31. The summed E-state index contributed by atoms with van der Waals surface area (Å²) in [7, 11) is 1.41. The molecule has 1 fully saturated rings. The quantitative estimate of drug-likeness (QED) is 0.784. The van der Waals surface area contributed by atoms with Gasteiger partial charge in [-0.05, 0) is 18.4 Å². The van der Waals surface area contributed by atoms with Gasteiger partial charge in [0.15, 0.2) is 0 Å². The molecular weight excluding hydrogens is 266 g/mol. The van der Waals surface area contributed by atoms with Gasteiger partial charge in [0.05, 0.1) is 19.1 Å². The monoisotopic (exact) mass is 291 g/mol. The molecule has 21 heavy (non-hydrogen) atoms. The van der Waals surface area contributed by atoms with Gasteiger partial charge in [-0.3, -0.25) is 9.69 Å². The van der Waals surface area contributed by atoms with E-state index in [4.69, 9.17) is 4.74 Å². The Balaban J connectivity index is 1.97. The molecule has 0 atom stereocenters. The standard InChI is InChI=1S/C17H25NO3/c1-21-16(19)9-12-18(13-15-7-3-2-4-8-15)14-17(20)10-5-6-11-17/h2-4,7-8,20H,5-6,9-14H2,1H3. The van der Waals surface area contributed by atoms with Crippen molar-refractivity contribution in [3.05, 3.63) is 35.9 Å². The van der Waals surface area contributed by atoms with Gasteiger partial charge in [0.25, 0.3) is 0 Å². The number of esters is 1. The summed E-state index contributed by atoms with van der Waals surface area (Å²) in [6.07, 6.45) is 4.26. The Morgan fingerprint density at radius 3 is 2.57 bits per heavy atom. The van der Waals surface area contributed by atoms with Crippen molar-refractivity contribution in [3.8, 4) is 0 Å². The summed E-state index contributed by atoms with van der Waals surface area (Å²) in [5, 5.41) is 10.6. The smallest absolute Gasteiger partial charge is 0.306 e. The van der Waals surface area contributed by atoms with Crippen LogP contribution in [-0.4, -0.2) is 41.8 Å². The van der Waals surface area contributed by atoms with Crippen LogP contribution >= 0.6 is 0 Å². The molecule has 0 amide bonds. The molecule has 1 aliphatic rings. The lowest BCUT2D eigenvalue weighted by molar-refractivity contribution is -0.141. The number of rotatable bonds is 7. The molecule has 0 spiro atoms. The number of carbonyl (C=O) groups excluding carboxylic acids is 1. The molecule has 1 N–H and O–H groups in total. The molecule has 0 unspecified atom stereocenters. The average molecular weight is 291 g/mol. The topological polar surface area (TPSA) is 49.8 Å². The summed E-state index contributed by atoms with van der Waals surface area (Å²) in [6.45, 7) is 1.99. The lowest BCUT2D eigenvalue weighted by Crippen LogP contribution is -2.41. The Morgan fingerprint density at radius 1 is 1.29 bits per heavy atom.